The largest absolute Gasteiger partial charge is 0.480 e. The first kappa shape index (κ1) is 12.1. The molecule has 0 bridgehead atoms. The zero-order chi connectivity index (χ0) is 12.1. The molecule has 86 valence electrons. The van der Waals surface area contributed by atoms with Crippen LogP contribution in [0.2, 0.25) is 0 Å². The van der Waals surface area contributed by atoms with Gasteiger partial charge in [-0.05, 0) is 24.6 Å². The summed E-state index contributed by atoms with van der Waals surface area (Å²) in [6, 6.07) is 4.54. The van der Waals surface area contributed by atoms with Crippen LogP contribution in [0.5, 0.6) is 0 Å². The van der Waals surface area contributed by atoms with E-state index in [0.717, 1.165) is 0 Å². The Morgan fingerprint density at radius 3 is 2.75 bits per heavy atom. The molecule has 1 N–H and O–H groups in total. The first-order chi connectivity index (χ1) is 7.50. The zero-order valence-electron chi connectivity index (χ0n) is 8.67. The van der Waals surface area contributed by atoms with Crippen molar-refractivity contribution in [3.05, 3.63) is 39.4 Å². The van der Waals surface area contributed by atoms with E-state index in [0.29, 0.717) is 11.1 Å². The molecule has 0 saturated heterocycles. The Morgan fingerprint density at radius 1 is 1.56 bits per heavy atom. The Labute approximate surface area is 91.6 Å². The van der Waals surface area contributed by atoms with E-state index < -0.39 is 10.9 Å². The van der Waals surface area contributed by atoms with Gasteiger partial charge < -0.3 is 9.84 Å². The molecule has 16 heavy (non-hydrogen) atoms. The monoisotopic (exact) mass is 225 g/mol. The first-order valence-electron chi connectivity index (χ1n) is 4.54. The third-order valence-electron chi connectivity index (χ3n) is 1.95. The van der Waals surface area contributed by atoms with Crippen LogP contribution < -0.4 is 0 Å². The van der Waals surface area contributed by atoms with Crippen LogP contribution in [0.15, 0.2) is 18.2 Å². The van der Waals surface area contributed by atoms with Gasteiger partial charge in [0.25, 0.3) is 5.69 Å². The van der Waals surface area contributed by atoms with Crippen LogP contribution in [0, 0.1) is 17.0 Å². The van der Waals surface area contributed by atoms with Crippen LogP contribution in [0.3, 0.4) is 0 Å². The molecule has 0 radical (unpaired) electrons. The molecule has 1 aromatic rings. The summed E-state index contributed by atoms with van der Waals surface area (Å²) in [6.45, 7) is 1.37. The van der Waals surface area contributed by atoms with E-state index in [1.807, 2.05) is 0 Å². The van der Waals surface area contributed by atoms with Crippen molar-refractivity contribution >= 4 is 11.7 Å². The Kier molecular flexibility index (Phi) is 3.96. The molecule has 1 aromatic carbocycles. The molecular formula is C10H11NO5. The van der Waals surface area contributed by atoms with Gasteiger partial charge in [0.15, 0.2) is 0 Å². The lowest BCUT2D eigenvalue weighted by Crippen LogP contribution is -2.06. The van der Waals surface area contributed by atoms with Gasteiger partial charge in [0.1, 0.15) is 6.61 Å². The van der Waals surface area contributed by atoms with Gasteiger partial charge in [-0.2, -0.15) is 0 Å². The summed E-state index contributed by atoms with van der Waals surface area (Å²) < 4.78 is 4.87. The minimum Gasteiger partial charge on any atom is -0.480 e. The molecule has 6 nitrogen and oxygen atoms in total. The number of nitrogens with zero attached hydrogens (tertiary/aromatic N) is 1. The molecule has 0 aliphatic rings. The van der Waals surface area contributed by atoms with Gasteiger partial charge in [-0.1, -0.05) is 0 Å². The van der Waals surface area contributed by atoms with Crippen LogP contribution in [-0.2, 0) is 16.1 Å². The maximum atomic E-state index is 10.5. The number of nitro benzene ring substituents is 1. The van der Waals surface area contributed by atoms with Crippen molar-refractivity contribution in [2.24, 2.45) is 0 Å². The van der Waals surface area contributed by atoms with Gasteiger partial charge in [-0.3, -0.25) is 10.1 Å². The van der Waals surface area contributed by atoms with E-state index in [4.69, 9.17) is 9.84 Å². The number of carbonyl (C=O) groups is 1. The average molecular weight is 225 g/mol. The van der Waals surface area contributed by atoms with E-state index in [9.17, 15) is 14.9 Å². The fourth-order valence-electron chi connectivity index (χ4n) is 1.27. The van der Waals surface area contributed by atoms with E-state index in [1.165, 1.54) is 6.07 Å². The maximum absolute atomic E-state index is 10.5. The molecule has 0 aliphatic heterocycles. The third kappa shape index (κ3) is 3.32. The highest BCUT2D eigenvalue weighted by molar-refractivity contribution is 5.68. The fraction of sp³-hybridized carbons (Fsp3) is 0.300. The van der Waals surface area contributed by atoms with Crippen molar-refractivity contribution in [2.75, 3.05) is 6.61 Å². The number of hydrogen-bond acceptors (Lipinski definition) is 4. The molecule has 0 unspecified atom stereocenters. The molecule has 1 rings (SSSR count). The number of aryl methyl sites for hydroxylation is 1. The van der Waals surface area contributed by atoms with Gasteiger partial charge in [0.2, 0.25) is 0 Å². The highest BCUT2D eigenvalue weighted by Crippen LogP contribution is 2.19. The van der Waals surface area contributed by atoms with Crippen molar-refractivity contribution in [2.45, 2.75) is 13.5 Å². The predicted molar refractivity (Wildman–Crippen MR) is 55.1 cm³/mol. The van der Waals surface area contributed by atoms with Crippen molar-refractivity contribution in [1.82, 2.24) is 0 Å². The second-order valence-electron chi connectivity index (χ2n) is 3.26. The molecule has 0 spiro atoms. The quantitative estimate of drug-likeness (QED) is 0.605. The summed E-state index contributed by atoms with van der Waals surface area (Å²) in [5.74, 6) is -1.04. The SMILES string of the molecule is Cc1cc(COCC(=O)O)ccc1[N+](=O)[O-]. The lowest BCUT2D eigenvalue weighted by atomic mass is 10.1. The van der Waals surface area contributed by atoms with Gasteiger partial charge >= 0.3 is 5.97 Å². The molecule has 0 aromatic heterocycles. The van der Waals surface area contributed by atoms with Crippen LogP contribution in [-0.4, -0.2) is 22.6 Å². The minimum absolute atomic E-state index is 0.0435. The topological polar surface area (TPSA) is 89.7 Å². The van der Waals surface area contributed by atoms with Gasteiger partial charge in [0.05, 0.1) is 11.5 Å². The number of ether oxygens (including phenoxy) is 1. The lowest BCUT2D eigenvalue weighted by molar-refractivity contribution is -0.385. The smallest absolute Gasteiger partial charge is 0.329 e. The molecule has 0 saturated carbocycles. The highest BCUT2D eigenvalue weighted by Gasteiger charge is 2.10. The molecule has 0 amide bonds. The third-order valence-corrected chi connectivity index (χ3v) is 1.95. The average Bonchev–Trinajstić information content (AvgIpc) is 2.16. The van der Waals surface area contributed by atoms with E-state index in [2.05, 4.69) is 0 Å². The van der Waals surface area contributed by atoms with Gasteiger partial charge in [0, 0.05) is 11.6 Å². The molecule has 0 atom stereocenters. The Bertz CT molecular complexity index is 416. The minimum atomic E-state index is -1.04. The Morgan fingerprint density at radius 2 is 2.25 bits per heavy atom. The summed E-state index contributed by atoms with van der Waals surface area (Å²) in [5.41, 5.74) is 1.28. The zero-order valence-corrected chi connectivity index (χ0v) is 8.67. The van der Waals surface area contributed by atoms with Crippen molar-refractivity contribution in [3.63, 3.8) is 0 Å². The Balaban J connectivity index is 2.66. The predicted octanol–water partition coefficient (Wildman–Crippen LogP) is 1.50. The summed E-state index contributed by atoms with van der Waals surface area (Å²) in [5, 5.41) is 18.9. The summed E-state index contributed by atoms with van der Waals surface area (Å²) >= 11 is 0. The van der Waals surface area contributed by atoms with Crippen LogP contribution in [0.4, 0.5) is 5.69 Å². The number of aliphatic carboxylic acids is 1. The van der Waals surface area contributed by atoms with Crippen molar-refractivity contribution in [3.8, 4) is 0 Å². The molecule has 0 heterocycles. The fourth-order valence-corrected chi connectivity index (χ4v) is 1.27. The summed E-state index contributed by atoms with van der Waals surface area (Å²) in [4.78, 5) is 20.3. The van der Waals surface area contributed by atoms with Crippen LogP contribution in [0.25, 0.3) is 0 Å². The molecule has 0 fully saturated rings. The van der Waals surface area contributed by atoms with Crippen LogP contribution >= 0.6 is 0 Å². The number of carboxylic acids is 1. The lowest BCUT2D eigenvalue weighted by Gasteiger charge is -2.03. The molecule has 6 heteroatoms. The second kappa shape index (κ2) is 5.22. The van der Waals surface area contributed by atoms with Crippen molar-refractivity contribution in [1.29, 1.82) is 0 Å². The maximum Gasteiger partial charge on any atom is 0.329 e. The van der Waals surface area contributed by atoms with Crippen molar-refractivity contribution < 1.29 is 19.6 Å². The summed E-state index contributed by atoms with van der Waals surface area (Å²) in [7, 11) is 0. The number of hydrogen-bond donors (Lipinski definition) is 1. The summed E-state index contributed by atoms with van der Waals surface area (Å²) in [6.07, 6.45) is 0. The van der Waals surface area contributed by atoms with Crippen LogP contribution in [0.1, 0.15) is 11.1 Å². The number of nitro groups is 1. The van der Waals surface area contributed by atoms with E-state index in [-0.39, 0.29) is 18.9 Å². The highest BCUT2D eigenvalue weighted by atomic mass is 16.6. The number of benzene rings is 1. The normalized spacial score (nSPS) is 10.1. The molecule has 0 aliphatic carbocycles. The second-order valence-corrected chi connectivity index (χ2v) is 3.26. The molecular weight excluding hydrogens is 214 g/mol. The van der Waals surface area contributed by atoms with Gasteiger partial charge in [-0.15, -0.1) is 0 Å². The van der Waals surface area contributed by atoms with Gasteiger partial charge in [-0.25, -0.2) is 4.79 Å². The van der Waals surface area contributed by atoms with E-state index >= 15 is 0 Å². The Hall–Kier alpha value is -1.95. The van der Waals surface area contributed by atoms with E-state index in [1.54, 1.807) is 19.1 Å². The number of carboxylic acid groups (broad SMARTS) is 1. The number of rotatable bonds is 5. The standard InChI is InChI=1S/C10H11NO5/c1-7-4-8(5-16-6-10(12)13)2-3-9(7)11(14)15/h2-4H,5-6H2,1H3,(H,12,13). The first-order valence-corrected chi connectivity index (χ1v) is 4.54.